The van der Waals surface area contributed by atoms with Crippen LogP contribution in [0.5, 0.6) is 0 Å². The number of aromatic nitrogens is 2. The highest BCUT2D eigenvalue weighted by atomic mass is 16.1. The molecular formula is C44H28N2O2. The van der Waals surface area contributed by atoms with Gasteiger partial charge in [0.15, 0.2) is 10.9 Å². The van der Waals surface area contributed by atoms with Crippen LogP contribution in [0.2, 0.25) is 0 Å². The molecule has 0 aliphatic rings. The number of para-hydroxylation sites is 2. The zero-order chi connectivity index (χ0) is 32.2. The number of pyridine rings is 2. The van der Waals surface area contributed by atoms with Crippen LogP contribution in [0.15, 0.2) is 179 Å². The van der Waals surface area contributed by atoms with E-state index in [1.807, 2.05) is 97.1 Å². The Hall–Kier alpha value is -6.52. The van der Waals surface area contributed by atoms with Crippen molar-refractivity contribution in [2.75, 3.05) is 0 Å². The van der Waals surface area contributed by atoms with Gasteiger partial charge >= 0.3 is 0 Å². The van der Waals surface area contributed by atoms with Crippen molar-refractivity contribution in [2.45, 2.75) is 0 Å². The minimum atomic E-state index is -0.0637. The Morgan fingerprint density at radius 1 is 0.292 bits per heavy atom. The lowest BCUT2D eigenvalue weighted by Gasteiger charge is -2.19. The largest absolute Gasteiger partial charge is 0.309 e. The van der Waals surface area contributed by atoms with Gasteiger partial charge in [-0.05, 0) is 82.9 Å². The first-order valence-electron chi connectivity index (χ1n) is 16.0. The highest BCUT2D eigenvalue weighted by Crippen LogP contribution is 2.32. The van der Waals surface area contributed by atoms with Gasteiger partial charge in [0.05, 0.1) is 22.1 Å². The maximum atomic E-state index is 14.3. The molecule has 4 nitrogen and oxygen atoms in total. The highest BCUT2D eigenvalue weighted by molar-refractivity contribution is 6.05. The standard InChI is InChI=1S/C44H28N2O2/c47-43-35-15-7-9-17-39(35)45(33-23-19-31(20-24-33)29-11-3-1-4-12-29)41-27-38-42(28-37(41)43)46(40-18-10-8-16-36(40)44(38)48)34-25-21-32(22-26-34)30-13-5-2-6-14-30/h1-28H. The molecule has 2 heterocycles. The second-order valence-electron chi connectivity index (χ2n) is 12.1. The van der Waals surface area contributed by atoms with E-state index >= 15 is 0 Å². The van der Waals surface area contributed by atoms with Gasteiger partial charge < -0.3 is 9.13 Å². The van der Waals surface area contributed by atoms with Crippen molar-refractivity contribution in [1.82, 2.24) is 9.13 Å². The summed E-state index contributed by atoms with van der Waals surface area (Å²) in [5.41, 5.74) is 9.13. The highest BCUT2D eigenvalue weighted by Gasteiger charge is 2.18. The molecular weight excluding hydrogens is 588 g/mol. The Labute approximate surface area is 276 Å². The van der Waals surface area contributed by atoms with Crippen molar-refractivity contribution in [3.63, 3.8) is 0 Å². The summed E-state index contributed by atoms with van der Waals surface area (Å²) in [5.74, 6) is 0. The molecule has 0 saturated heterocycles. The molecule has 0 unspecified atom stereocenters. The lowest BCUT2D eigenvalue weighted by Crippen LogP contribution is -2.14. The minimum Gasteiger partial charge on any atom is -0.309 e. The fraction of sp³-hybridized carbons (Fsp3) is 0. The van der Waals surface area contributed by atoms with E-state index in [1.165, 1.54) is 0 Å². The van der Waals surface area contributed by atoms with E-state index in [9.17, 15) is 9.59 Å². The van der Waals surface area contributed by atoms with E-state index in [2.05, 4.69) is 81.9 Å². The normalized spacial score (nSPS) is 11.5. The third-order valence-corrected chi connectivity index (χ3v) is 9.33. The molecule has 48 heavy (non-hydrogen) atoms. The van der Waals surface area contributed by atoms with Crippen LogP contribution in [0.25, 0.3) is 77.2 Å². The van der Waals surface area contributed by atoms with Crippen LogP contribution in [0.3, 0.4) is 0 Å². The van der Waals surface area contributed by atoms with E-state index in [4.69, 9.17) is 0 Å². The average molecular weight is 617 g/mol. The number of rotatable bonds is 4. The van der Waals surface area contributed by atoms with E-state index < -0.39 is 0 Å². The maximum absolute atomic E-state index is 14.3. The molecule has 0 amide bonds. The Bertz CT molecular complexity index is 2580. The summed E-state index contributed by atoms with van der Waals surface area (Å²) in [5, 5.41) is 2.35. The number of benzene rings is 7. The summed E-state index contributed by atoms with van der Waals surface area (Å²) in [7, 11) is 0. The van der Waals surface area contributed by atoms with Crippen LogP contribution in [-0.4, -0.2) is 9.13 Å². The zero-order valence-electron chi connectivity index (χ0n) is 25.9. The van der Waals surface area contributed by atoms with E-state index in [0.29, 0.717) is 32.6 Å². The van der Waals surface area contributed by atoms with Crippen molar-refractivity contribution in [2.24, 2.45) is 0 Å². The molecule has 0 radical (unpaired) electrons. The van der Waals surface area contributed by atoms with Crippen LogP contribution >= 0.6 is 0 Å². The molecule has 2 aromatic heterocycles. The first kappa shape index (κ1) is 27.8. The Morgan fingerprint density at radius 3 is 1.02 bits per heavy atom. The Kier molecular flexibility index (Phi) is 6.41. The third-order valence-electron chi connectivity index (χ3n) is 9.33. The summed E-state index contributed by atoms with van der Waals surface area (Å²) in [6, 6.07) is 56.5. The molecule has 0 fully saturated rings. The molecule has 9 aromatic rings. The quantitative estimate of drug-likeness (QED) is 0.185. The van der Waals surface area contributed by atoms with Gasteiger partial charge in [0.25, 0.3) is 0 Å². The van der Waals surface area contributed by atoms with Crippen molar-refractivity contribution in [3.05, 3.63) is 190 Å². The molecule has 0 aliphatic heterocycles. The summed E-state index contributed by atoms with van der Waals surface area (Å²) in [6.45, 7) is 0. The Balaban J connectivity index is 1.35. The van der Waals surface area contributed by atoms with Gasteiger partial charge in [-0.25, -0.2) is 0 Å². The predicted molar refractivity (Wildman–Crippen MR) is 199 cm³/mol. The van der Waals surface area contributed by atoms with Gasteiger partial charge in [-0.1, -0.05) is 109 Å². The van der Waals surface area contributed by atoms with Gasteiger partial charge in [0, 0.05) is 32.9 Å². The monoisotopic (exact) mass is 616 g/mol. The van der Waals surface area contributed by atoms with Gasteiger partial charge in [0.2, 0.25) is 0 Å². The molecule has 0 N–H and O–H groups in total. The van der Waals surface area contributed by atoms with Gasteiger partial charge in [-0.15, -0.1) is 0 Å². The first-order chi connectivity index (χ1) is 23.7. The molecule has 4 heteroatoms. The fourth-order valence-corrected chi connectivity index (χ4v) is 7.00. The molecule has 0 saturated carbocycles. The molecule has 0 bridgehead atoms. The topological polar surface area (TPSA) is 44.0 Å². The van der Waals surface area contributed by atoms with E-state index in [1.54, 1.807) is 0 Å². The molecule has 0 spiro atoms. The SMILES string of the molecule is O=c1c2ccccc2n(-c2ccc(-c3ccccc3)cc2)c2cc3c(=O)c4ccccc4n(-c4ccc(-c5ccccc5)cc4)c3cc12. The summed E-state index contributed by atoms with van der Waals surface area (Å²) < 4.78 is 4.21. The predicted octanol–water partition coefficient (Wildman–Crippen LogP) is 9.94. The fourth-order valence-electron chi connectivity index (χ4n) is 7.00. The molecule has 7 aromatic carbocycles. The lowest BCUT2D eigenvalue weighted by molar-refractivity contribution is 1.15. The molecule has 0 aliphatic carbocycles. The molecule has 0 atom stereocenters. The number of fused-ring (bicyclic) bond motifs is 4. The van der Waals surface area contributed by atoms with Gasteiger partial charge in [0.1, 0.15) is 0 Å². The molecule has 226 valence electrons. The van der Waals surface area contributed by atoms with Crippen LogP contribution in [-0.2, 0) is 0 Å². The third kappa shape index (κ3) is 4.38. The van der Waals surface area contributed by atoms with Crippen LogP contribution in [0, 0.1) is 0 Å². The summed E-state index contributed by atoms with van der Waals surface area (Å²) >= 11 is 0. The van der Waals surface area contributed by atoms with E-state index in [-0.39, 0.29) is 10.9 Å². The van der Waals surface area contributed by atoms with E-state index in [0.717, 1.165) is 44.7 Å². The second-order valence-corrected chi connectivity index (χ2v) is 12.1. The van der Waals surface area contributed by atoms with Crippen molar-refractivity contribution < 1.29 is 0 Å². The van der Waals surface area contributed by atoms with Crippen molar-refractivity contribution >= 4 is 43.6 Å². The summed E-state index contributed by atoms with van der Waals surface area (Å²) in [6.07, 6.45) is 0. The van der Waals surface area contributed by atoms with Crippen LogP contribution < -0.4 is 10.9 Å². The smallest absolute Gasteiger partial charge is 0.197 e. The minimum absolute atomic E-state index is 0.0637. The zero-order valence-corrected chi connectivity index (χ0v) is 25.9. The lowest BCUT2D eigenvalue weighted by atomic mass is 10.0. The van der Waals surface area contributed by atoms with Gasteiger partial charge in [-0.2, -0.15) is 0 Å². The first-order valence-corrected chi connectivity index (χ1v) is 16.0. The van der Waals surface area contributed by atoms with Gasteiger partial charge in [-0.3, -0.25) is 9.59 Å². The average Bonchev–Trinajstić information content (AvgIpc) is 3.16. The molecule has 9 rings (SSSR count). The number of hydrogen-bond donors (Lipinski definition) is 0. The second kappa shape index (κ2) is 11.1. The Morgan fingerprint density at radius 2 is 0.625 bits per heavy atom. The summed E-state index contributed by atoms with van der Waals surface area (Å²) in [4.78, 5) is 28.5. The maximum Gasteiger partial charge on any atom is 0.197 e. The van der Waals surface area contributed by atoms with Crippen LogP contribution in [0.4, 0.5) is 0 Å². The van der Waals surface area contributed by atoms with Crippen molar-refractivity contribution in [1.29, 1.82) is 0 Å². The van der Waals surface area contributed by atoms with Crippen LogP contribution in [0.1, 0.15) is 0 Å². The number of hydrogen-bond acceptors (Lipinski definition) is 2. The number of nitrogens with zero attached hydrogens (tertiary/aromatic N) is 2. The van der Waals surface area contributed by atoms with Crippen molar-refractivity contribution in [3.8, 4) is 33.6 Å².